The molecule has 1 aliphatic heterocycles. The number of hydrogen-bond acceptors (Lipinski definition) is 9. The first-order chi connectivity index (χ1) is 14.4. The molecule has 9 heteroatoms. The lowest BCUT2D eigenvalue weighted by Gasteiger charge is -2.39. The molecule has 9 nitrogen and oxygen atoms in total. The van der Waals surface area contributed by atoms with Crippen LogP contribution < -0.4 is 10.2 Å². The summed E-state index contributed by atoms with van der Waals surface area (Å²) in [6.07, 6.45) is -7.48. The fourth-order valence-corrected chi connectivity index (χ4v) is 3.37. The van der Waals surface area contributed by atoms with Crippen molar-refractivity contribution in [2.24, 2.45) is 0 Å². The van der Waals surface area contributed by atoms with Gasteiger partial charge in [0.1, 0.15) is 41.1 Å². The van der Waals surface area contributed by atoms with Gasteiger partial charge >= 0.3 is 0 Å². The van der Waals surface area contributed by atoms with Crippen LogP contribution >= 0.6 is 0 Å². The molecule has 1 aromatic heterocycles. The second-order valence-electron chi connectivity index (χ2n) is 6.92. The van der Waals surface area contributed by atoms with Gasteiger partial charge in [-0.25, -0.2) is 0 Å². The Kier molecular flexibility index (Phi) is 5.46. The highest BCUT2D eigenvalue weighted by Crippen LogP contribution is 2.34. The standard InChI is InChI=1S/C21H20O9/c22-9-13-15(23)17(25)19(27)21(30-13)29-12-8-4-7-11-14(12)16(24)18(26)20(28-11)10-5-2-1-3-6-10/h1-8,13,15,17,19,21-23,25-27H,9H2. The topological polar surface area (TPSA) is 150 Å². The van der Waals surface area contributed by atoms with Crippen molar-refractivity contribution in [3.63, 3.8) is 0 Å². The summed E-state index contributed by atoms with van der Waals surface area (Å²) < 4.78 is 16.6. The number of benzene rings is 2. The van der Waals surface area contributed by atoms with Gasteiger partial charge in [0, 0.05) is 5.56 Å². The molecule has 30 heavy (non-hydrogen) atoms. The number of ether oxygens (including phenoxy) is 2. The summed E-state index contributed by atoms with van der Waals surface area (Å²) >= 11 is 0. The molecule has 0 bridgehead atoms. The Balaban J connectivity index is 1.76. The Labute approximate surface area is 170 Å². The summed E-state index contributed by atoms with van der Waals surface area (Å²) in [4.78, 5) is 12.9. The van der Waals surface area contributed by atoms with E-state index < -0.39 is 48.5 Å². The summed E-state index contributed by atoms with van der Waals surface area (Å²) in [5, 5.41) is 49.6. The minimum atomic E-state index is -1.65. The van der Waals surface area contributed by atoms with E-state index >= 15 is 0 Å². The number of aliphatic hydroxyl groups is 4. The lowest BCUT2D eigenvalue weighted by Crippen LogP contribution is -2.60. The van der Waals surface area contributed by atoms with E-state index in [0.29, 0.717) is 5.56 Å². The first-order valence-electron chi connectivity index (χ1n) is 9.23. The molecule has 0 amide bonds. The maximum atomic E-state index is 12.9. The Morgan fingerprint density at radius 1 is 0.933 bits per heavy atom. The van der Waals surface area contributed by atoms with E-state index in [4.69, 9.17) is 13.9 Å². The van der Waals surface area contributed by atoms with Crippen LogP contribution in [0.2, 0.25) is 0 Å². The largest absolute Gasteiger partial charge is 0.502 e. The zero-order chi connectivity index (χ0) is 21.4. The van der Waals surface area contributed by atoms with Crippen LogP contribution in [0.5, 0.6) is 11.5 Å². The van der Waals surface area contributed by atoms with Crippen LogP contribution in [0.3, 0.4) is 0 Å². The van der Waals surface area contributed by atoms with Gasteiger partial charge in [-0.1, -0.05) is 36.4 Å². The van der Waals surface area contributed by atoms with Gasteiger partial charge < -0.3 is 39.4 Å². The van der Waals surface area contributed by atoms with Crippen molar-refractivity contribution >= 4 is 11.0 Å². The molecule has 5 unspecified atom stereocenters. The molecule has 0 saturated carbocycles. The van der Waals surface area contributed by atoms with Gasteiger partial charge in [0.15, 0.2) is 5.76 Å². The van der Waals surface area contributed by atoms with E-state index in [-0.39, 0.29) is 22.5 Å². The summed E-state index contributed by atoms with van der Waals surface area (Å²) in [5.74, 6) is -0.683. The SMILES string of the molecule is O=c1c(O)c(-c2ccccc2)oc2cccc(OC3OC(CO)C(O)C(O)C3O)c12. The van der Waals surface area contributed by atoms with Crippen LogP contribution in [0.25, 0.3) is 22.3 Å². The molecular weight excluding hydrogens is 396 g/mol. The molecule has 3 aromatic rings. The van der Waals surface area contributed by atoms with E-state index in [0.717, 1.165) is 0 Å². The molecule has 0 spiro atoms. The fourth-order valence-electron chi connectivity index (χ4n) is 3.37. The Morgan fingerprint density at radius 2 is 1.67 bits per heavy atom. The molecule has 1 fully saturated rings. The molecule has 0 radical (unpaired) electrons. The molecule has 2 aromatic carbocycles. The molecule has 1 aliphatic rings. The minimum absolute atomic E-state index is 0.00177. The Morgan fingerprint density at radius 3 is 2.37 bits per heavy atom. The minimum Gasteiger partial charge on any atom is -0.502 e. The van der Waals surface area contributed by atoms with Crippen LogP contribution in [0.4, 0.5) is 0 Å². The van der Waals surface area contributed by atoms with Crippen LogP contribution in [0.15, 0.2) is 57.7 Å². The van der Waals surface area contributed by atoms with Crippen LogP contribution in [0, 0.1) is 0 Å². The number of hydrogen-bond donors (Lipinski definition) is 5. The van der Waals surface area contributed by atoms with Gasteiger partial charge in [0.05, 0.1) is 6.61 Å². The maximum Gasteiger partial charge on any atom is 0.238 e. The zero-order valence-corrected chi connectivity index (χ0v) is 15.6. The third kappa shape index (κ3) is 3.42. The predicted molar refractivity (Wildman–Crippen MR) is 104 cm³/mol. The highest BCUT2D eigenvalue weighted by Gasteiger charge is 2.45. The van der Waals surface area contributed by atoms with Gasteiger partial charge in [-0.2, -0.15) is 0 Å². The Bertz CT molecular complexity index is 1090. The normalized spacial score (nSPS) is 26.6. The van der Waals surface area contributed by atoms with Gasteiger partial charge in [0.2, 0.25) is 17.5 Å². The Hall–Kier alpha value is -2.95. The van der Waals surface area contributed by atoms with Gasteiger partial charge in [-0.05, 0) is 12.1 Å². The number of aliphatic hydroxyl groups excluding tert-OH is 4. The van der Waals surface area contributed by atoms with Gasteiger partial charge in [-0.3, -0.25) is 4.79 Å². The smallest absolute Gasteiger partial charge is 0.238 e. The van der Waals surface area contributed by atoms with Crippen LogP contribution in [-0.4, -0.2) is 62.8 Å². The highest BCUT2D eigenvalue weighted by molar-refractivity contribution is 5.87. The molecule has 1 saturated heterocycles. The zero-order valence-electron chi connectivity index (χ0n) is 15.6. The number of fused-ring (bicyclic) bond motifs is 1. The second kappa shape index (κ2) is 8.05. The average Bonchev–Trinajstić information content (AvgIpc) is 2.77. The fraction of sp³-hybridized carbons (Fsp3) is 0.286. The molecule has 0 aliphatic carbocycles. The summed E-state index contributed by atoms with van der Waals surface area (Å²) in [6, 6.07) is 13.1. The van der Waals surface area contributed by atoms with Crippen LogP contribution in [-0.2, 0) is 4.74 Å². The first kappa shape index (κ1) is 20.3. The quantitative estimate of drug-likeness (QED) is 0.406. The van der Waals surface area contributed by atoms with Crippen molar-refractivity contribution in [3.8, 4) is 22.8 Å². The van der Waals surface area contributed by atoms with Crippen LogP contribution in [0.1, 0.15) is 0 Å². The van der Waals surface area contributed by atoms with E-state index in [1.165, 1.54) is 18.2 Å². The van der Waals surface area contributed by atoms with Crippen molar-refractivity contribution in [1.29, 1.82) is 0 Å². The molecule has 4 rings (SSSR count). The summed E-state index contributed by atoms with van der Waals surface area (Å²) in [5.41, 5.74) is -0.122. The highest BCUT2D eigenvalue weighted by atomic mass is 16.7. The first-order valence-corrected chi connectivity index (χ1v) is 9.23. The summed E-state index contributed by atoms with van der Waals surface area (Å²) in [7, 11) is 0. The van der Waals surface area contributed by atoms with Gasteiger partial charge in [-0.15, -0.1) is 0 Å². The van der Waals surface area contributed by atoms with Gasteiger partial charge in [0.25, 0.3) is 0 Å². The van der Waals surface area contributed by atoms with Crippen molar-refractivity contribution < 1.29 is 39.4 Å². The van der Waals surface area contributed by atoms with E-state index in [2.05, 4.69) is 0 Å². The summed E-state index contributed by atoms with van der Waals surface area (Å²) in [6.45, 7) is -0.621. The molecule has 5 N–H and O–H groups in total. The lowest BCUT2D eigenvalue weighted by atomic mass is 9.99. The molecule has 2 heterocycles. The number of rotatable bonds is 4. The van der Waals surface area contributed by atoms with E-state index in [9.17, 15) is 30.3 Å². The van der Waals surface area contributed by atoms with Crippen molar-refractivity contribution in [2.45, 2.75) is 30.7 Å². The molecule has 5 atom stereocenters. The maximum absolute atomic E-state index is 12.9. The molecular formula is C21H20O9. The second-order valence-corrected chi connectivity index (χ2v) is 6.92. The third-order valence-electron chi connectivity index (χ3n) is 4.98. The third-order valence-corrected chi connectivity index (χ3v) is 4.98. The van der Waals surface area contributed by atoms with Crippen molar-refractivity contribution in [3.05, 3.63) is 58.8 Å². The van der Waals surface area contributed by atoms with Crippen molar-refractivity contribution in [2.75, 3.05) is 6.61 Å². The number of aromatic hydroxyl groups is 1. The van der Waals surface area contributed by atoms with Crippen molar-refractivity contribution in [1.82, 2.24) is 0 Å². The molecule has 158 valence electrons. The lowest BCUT2D eigenvalue weighted by molar-refractivity contribution is -0.277. The average molecular weight is 416 g/mol. The monoisotopic (exact) mass is 416 g/mol. The van der Waals surface area contributed by atoms with E-state index in [1.807, 2.05) is 0 Å². The van der Waals surface area contributed by atoms with E-state index in [1.54, 1.807) is 30.3 Å². The predicted octanol–water partition coefficient (Wildman–Crippen LogP) is 0.344.